The van der Waals surface area contributed by atoms with Crippen molar-refractivity contribution in [1.29, 1.82) is 0 Å². The van der Waals surface area contributed by atoms with Gasteiger partial charge in [-0.1, -0.05) is 37.0 Å². The Kier molecular flexibility index (Phi) is 6.07. The van der Waals surface area contributed by atoms with Gasteiger partial charge in [-0.15, -0.1) is 0 Å². The van der Waals surface area contributed by atoms with E-state index in [4.69, 9.17) is 0 Å². The molecule has 1 aromatic carbocycles. The Labute approximate surface area is 119 Å². The maximum Gasteiger partial charge on any atom is 0.266 e. The number of carbonyl (C=O) groups is 1. The zero-order valence-electron chi connectivity index (χ0n) is 12.2. The number of unbranched alkanes of at least 4 members (excludes halogenated alkanes) is 1. The van der Waals surface area contributed by atoms with Gasteiger partial charge in [0.2, 0.25) is 5.91 Å². The molecule has 1 amide bonds. The molecule has 0 saturated heterocycles. The van der Waals surface area contributed by atoms with E-state index in [1.807, 2.05) is 18.2 Å². The lowest BCUT2D eigenvalue weighted by atomic mass is 10.2. The smallest absolute Gasteiger partial charge is 0.266 e. The molecule has 0 aromatic heterocycles. The lowest BCUT2D eigenvalue weighted by Gasteiger charge is -2.17. The second kappa shape index (κ2) is 7.33. The maximum absolute atomic E-state index is 11.8. The molecule has 0 spiro atoms. The fourth-order valence-corrected chi connectivity index (χ4v) is 2.95. The van der Waals surface area contributed by atoms with Gasteiger partial charge in [0.15, 0.2) is 0 Å². The number of allylic oxidation sites excluding steroid dienone is 1. The van der Waals surface area contributed by atoms with Crippen LogP contribution >= 0.6 is 0 Å². The average Bonchev–Trinajstić information content (AvgIpc) is 2.34. The zero-order valence-corrected chi connectivity index (χ0v) is 13.2. The van der Waals surface area contributed by atoms with Gasteiger partial charge in [-0.05, 0) is 31.1 Å². The molecule has 5 heteroatoms. The van der Waals surface area contributed by atoms with Crippen LogP contribution in [0.25, 0.3) is 0 Å². The standard InChI is InChI=1S/C15H21F2NOSi/c1-20(2,3)13-8-6-7-12(11-13)18-15(19)10-5-4-9-14(16)17/h6-9,11H,4-5,10H2,1-3H3,(H,18,19). The van der Waals surface area contributed by atoms with Gasteiger partial charge in [0.1, 0.15) is 0 Å². The summed E-state index contributed by atoms with van der Waals surface area (Å²) in [6, 6.07) is 7.87. The third kappa shape index (κ3) is 6.10. The highest BCUT2D eigenvalue weighted by atomic mass is 28.3. The number of amides is 1. The minimum Gasteiger partial charge on any atom is -0.326 e. The maximum atomic E-state index is 11.8. The van der Waals surface area contributed by atoms with E-state index < -0.39 is 14.2 Å². The fraction of sp³-hybridized carbons (Fsp3) is 0.400. The normalized spacial score (nSPS) is 11.1. The Morgan fingerprint density at radius 1 is 1.30 bits per heavy atom. The third-order valence-corrected chi connectivity index (χ3v) is 4.96. The third-order valence-electron chi connectivity index (χ3n) is 2.92. The number of hydrogen-bond donors (Lipinski definition) is 1. The summed E-state index contributed by atoms with van der Waals surface area (Å²) in [5.41, 5.74) is 0.780. The van der Waals surface area contributed by atoms with E-state index in [1.165, 1.54) is 5.19 Å². The van der Waals surface area contributed by atoms with Crippen molar-refractivity contribution in [3.63, 3.8) is 0 Å². The van der Waals surface area contributed by atoms with Gasteiger partial charge in [0, 0.05) is 12.1 Å². The number of nitrogens with one attached hydrogen (secondary N) is 1. The summed E-state index contributed by atoms with van der Waals surface area (Å²) in [5.74, 6) is -0.134. The van der Waals surface area contributed by atoms with Crippen LogP contribution in [0.3, 0.4) is 0 Å². The summed E-state index contributed by atoms with van der Waals surface area (Å²) in [7, 11) is -1.40. The molecule has 0 fully saturated rings. The van der Waals surface area contributed by atoms with Crippen molar-refractivity contribution in [2.24, 2.45) is 0 Å². The van der Waals surface area contributed by atoms with Crippen molar-refractivity contribution in [3.8, 4) is 0 Å². The van der Waals surface area contributed by atoms with Gasteiger partial charge in [-0.2, -0.15) is 8.78 Å². The van der Waals surface area contributed by atoms with E-state index in [0.29, 0.717) is 6.42 Å². The van der Waals surface area contributed by atoms with Crippen LogP contribution in [0.5, 0.6) is 0 Å². The molecular formula is C15H21F2NOSi. The highest BCUT2D eigenvalue weighted by Crippen LogP contribution is 2.11. The SMILES string of the molecule is C[Si](C)(C)c1cccc(NC(=O)CCCC=C(F)F)c1. The summed E-state index contributed by atoms with van der Waals surface area (Å²) < 4.78 is 23.7. The second-order valence-electron chi connectivity index (χ2n) is 5.76. The molecule has 0 aliphatic heterocycles. The van der Waals surface area contributed by atoms with E-state index in [0.717, 1.165) is 11.8 Å². The number of hydrogen-bond acceptors (Lipinski definition) is 1. The average molecular weight is 297 g/mol. The van der Waals surface area contributed by atoms with Crippen molar-refractivity contribution in [1.82, 2.24) is 0 Å². The first-order valence-electron chi connectivity index (χ1n) is 6.70. The first-order chi connectivity index (χ1) is 9.29. The molecular weight excluding hydrogens is 276 g/mol. The Hall–Kier alpha value is -1.49. The van der Waals surface area contributed by atoms with E-state index in [9.17, 15) is 13.6 Å². The van der Waals surface area contributed by atoms with E-state index >= 15 is 0 Å². The summed E-state index contributed by atoms with van der Waals surface area (Å²) in [6.07, 6.45) is 0.0648. The molecule has 1 rings (SSSR count). The van der Waals surface area contributed by atoms with Crippen molar-refractivity contribution in [3.05, 3.63) is 36.4 Å². The minimum atomic E-state index is -1.69. The molecule has 0 aliphatic rings. The first-order valence-corrected chi connectivity index (χ1v) is 10.2. The van der Waals surface area contributed by atoms with Gasteiger partial charge in [0.05, 0.1) is 8.07 Å². The molecule has 20 heavy (non-hydrogen) atoms. The van der Waals surface area contributed by atoms with Crippen LogP contribution in [0.4, 0.5) is 14.5 Å². The largest absolute Gasteiger partial charge is 0.326 e. The molecule has 2 nitrogen and oxygen atoms in total. The van der Waals surface area contributed by atoms with E-state index in [2.05, 4.69) is 31.0 Å². The number of benzene rings is 1. The molecule has 0 heterocycles. The molecule has 0 radical (unpaired) electrons. The van der Waals surface area contributed by atoms with Crippen LogP contribution in [0.2, 0.25) is 19.6 Å². The molecule has 0 saturated carbocycles. The molecule has 1 aromatic rings. The van der Waals surface area contributed by atoms with Crippen LogP contribution in [-0.2, 0) is 4.79 Å². The van der Waals surface area contributed by atoms with Crippen LogP contribution in [0.15, 0.2) is 36.4 Å². The van der Waals surface area contributed by atoms with Crippen LogP contribution in [-0.4, -0.2) is 14.0 Å². The molecule has 0 bridgehead atoms. The van der Waals surface area contributed by atoms with Crippen molar-refractivity contribution >= 4 is 24.9 Å². The van der Waals surface area contributed by atoms with Crippen molar-refractivity contribution < 1.29 is 13.6 Å². The van der Waals surface area contributed by atoms with Crippen LogP contribution in [0, 0.1) is 0 Å². The number of rotatable bonds is 6. The predicted octanol–water partition coefficient (Wildman–Crippen LogP) is 4.12. The van der Waals surface area contributed by atoms with E-state index in [-0.39, 0.29) is 18.7 Å². The second-order valence-corrected chi connectivity index (χ2v) is 10.8. The van der Waals surface area contributed by atoms with Gasteiger partial charge in [0.25, 0.3) is 6.08 Å². The number of halogens is 2. The fourth-order valence-electron chi connectivity index (χ4n) is 1.76. The van der Waals surface area contributed by atoms with Crippen LogP contribution < -0.4 is 10.5 Å². The van der Waals surface area contributed by atoms with Crippen molar-refractivity contribution in [2.45, 2.75) is 38.9 Å². The summed E-state index contributed by atoms with van der Waals surface area (Å²) in [6.45, 7) is 6.73. The highest BCUT2D eigenvalue weighted by molar-refractivity contribution is 6.88. The summed E-state index contributed by atoms with van der Waals surface area (Å²) in [5, 5.41) is 4.09. The van der Waals surface area contributed by atoms with Crippen molar-refractivity contribution in [2.75, 3.05) is 5.32 Å². The van der Waals surface area contributed by atoms with Gasteiger partial charge < -0.3 is 5.32 Å². The Morgan fingerprint density at radius 3 is 2.60 bits per heavy atom. The van der Waals surface area contributed by atoms with Gasteiger partial charge >= 0.3 is 0 Å². The molecule has 1 N–H and O–H groups in total. The van der Waals surface area contributed by atoms with Gasteiger partial charge in [-0.25, -0.2) is 0 Å². The molecule has 0 atom stereocenters. The predicted molar refractivity (Wildman–Crippen MR) is 82.2 cm³/mol. The lowest BCUT2D eigenvalue weighted by Crippen LogP contribution is -2.37. The van der Waals surface area contributed by atoms with Crippen LogP contribution in [0.1, 0.15) is 19.3 Å². The van der Waals surface area contributed by atoms with E-state index in [1.54, 1.807) is 0 Å². The Bertz CT molecular complexity index is 491. The molecule has 110 valence electrons. The molecule has 0 unspecified atom stereocenters. The zero-order chi connectivity index (χ0) is 15.2. The lowest BCUT2D eigenvalue weighted by molar-refractivity contribution is -0.116. The Balaban J connectivity index is 2.52. The summed E-state index contributed by atoms with van der Waals surface area (Å²) >= 11 is 0. The monoisotopic (exact) mass is 297 g/mol. The number of carbonyl (C=O) groups excluding carboxylic acids is 1. The highest BCUT2D eigenvalue weighted by Gasteiger charge is 2.16. The molecule has 0 aliphatic carbocycles. The minimum absolute atomic E-state index is 0.134. The Morgan fingerprint density at radius 2 is 2.00 bits per heavy atom. The topological polar surface area (TPSA) is 29.1 Å². The first kappa shape index (κ1) is 16.6. The van der Waals surface area contributed by atoms with Gasteiger partial charge in [-0.3, -0.25) is 4.79 Å². The summed E-state index contributed by atoms with van der Waals surface area (Å²) in [4.78, 5) is 11.7. The quantitative estimate of drug-likeness (QED) is 0.621. The number of anilines is 1.